The fourth-order valence-electron chi connectivity index (χ4n) is 1.31. The molecule has 0 bridgehead atoms. The van der Waals surface area contributed by atoms with Crippen LogP contribution in [0.4, 0.5) is 0 Å². The third kappa shape index (κ3) is 2.94. The van der Waals surface area contributed by atoms with Crippen LogP contribution in [-0.4, -0.2) is 4.92 Å². The van der Waals surface area contributed by atoms with Gasteiger partial charge in [0.05, 0.1) is 35.5 Å². The third-order valence-electron chi connectivity index (χ3n) is 2.10. The van der Waals surface area contributed by atoms with E-state index in [1.165, 1.54) is 18.8 Å². The first-order chi connectivity index (χ1) is 8.25. The lowest BCUT2D eigenvalue weighted by Crippen LogP contribution is -1.87. The van der Waals surface area contributed by atoms with Gasteiger partial charge in [-0.25, -0.2) is 0 Å². The molecule has 0 amide bonds. The zero-order valence-corrected chi connectivity index (χ0v) is 8.78. The zero-order chi connectivity index (χ0) is 12.1. The van der Waals surface area contributed by atoms with Crippen LogP contribution in [0.3, 0.4) is 0 Å². The summed E-state index contributed by atoms with van der Waals surface area (Å²) >= 11 is 0. The average molecular weight is 231 g/mol. The van der Waals surface area contributed by atoms with E-state index in [4.69, 9.17) is 8.83 Å². The van der Waals surface area contributed by atoms with Gasteiger partial charge in [-0.3, -0.25) is 10.1 Å². The summed E-state index contributed by atoms with van der Waals surface area (Å²) in [6.45, 7) is 0. The van der Waals surface area contributed by atoms with E-state index in [0.29, 0.717) is 11.1 Å². The van der Waals surface area contributed by atoms with Crippen LogP contribution in [0.2, 0.25) is 0 Å². The molecule has 17 heavy (non-hydrogen) atoms. The van der Waals surface area contributed by atoms with Crippen molar-refractivity contribution in [1.82, 2.24) is 0 Å². The van der Waals surface area contributed by atoms with Crippen molar-refractivity contribution in [3.8, 4) is 0 Å². The van der Waals surface area contributed by atoms with Crippen LogP contribution in [0.1, 0.15) is 11.1 Å². The minimum atomic E-state index is -0.498. The fraction of sp³-hybridized carbons (Fsp3) is 0. The molecule has 2 rings (SSSR count). The second-order valence-corrected chi connectivity index (χ2v) is 3.27. The molecule has 0 atom stereocenters. The molecule has 0 aliphatic rings. The zero-order valence-electron chi connectivity index (χ0n) is 8.78. The van der Waals surface area contributed by atoms with Crippen molar-refractivity contribution in [2.75, 3.05) is 0 Å². The number of rotatable bonds is 4. The second kappa shape index (κ2) is 4.98. The van der Waals surface area contributed by atoms with Crippen LogP contribution in [0.5, 0.6) is 0 Å². The number of hydrogen-bond acceptors (Lipinski definition) is 4. The summed E-state index contributed by atoms with van der Waals surface area (Å²) in [6.07, 6.45) is 10.3. The Labute approximate surface area is 96.8 Å². The van der Waals surface area contributed by atoms with Crippen LogP contribution in [0, 0.1) is 10.1 Å². The molecule has 86 valence electrons. The van der Waals surface area contributed by atoms with Crippen molar-refractivity contribution in [3.05, 3.63) is 70.7 Å². The average Bonchev–Trinajstić information content (AvgIpc) is 2.96. The second-order valence-electron chi connectivity index (χ2n) is 3.27. The highest BCUT2D eigenvalue weighted by Gasteiger charge is 2.04. The van der Waals surface area contributed by atoms with Gasteiger partial charge in [0.15, 0.2) is 0 Å². The van der Waals surface area contributed by atoms with E-state index in [9.17, 15) is 10.1 Å². The Kier molecular flexibility index (Phi) is 3.20. The molecule has 0 spiro atoms. The summed E-state index contributed by atoms with van der Waals surface area (Å²) in [7, 11) is 0. The number of furan rings is 2. The lowest BCUT2D eigenvalue weighted by atomic mass is 10.1. The molecule has 0 saturated heterocycles. The SMILES string of the molecule is O=[N+]([O-])/C=C(\C=C\c1ccoc1)c1ccoc1. The summed E-state index contributed by atoms with van der Waals surface area (Å²) in [4.78, 5) is 10.0. The van der Waals surface area contributed by atoms with Gasteiger partial charge in [0.25, 0.3) is 0 Å². The van der Waals surface area contributed by atoms with Crippen molar-refractivity contribution in [2.45, 2.75) is 0 Å². The maximum atomic E-state index is 10.5. The van der Waals surface area contributed by atoms with Crippen LogP contribution in [0.25, 0.3) is 11.6 Å². The highest BCUT2D eigenvalue weighted by molar-refractivity contribution is 5.77. The molecule has 0 aromatic carbocycles. The quantitative estimate of drug-likeness (QED) is 0.460. The van der Waals surface area contributed by atoms with Crippen molar-refractivity contribution in [3.63, 3.8) is 0 Å². The van der Waals surface area contributed by atoms with Gasteiger partial charge < -0.3 is 8.83 Å². The predicted molar refractivity (Wildman–Crippen MR) is 61.4 cm³/mol. The Morgan fingerprint density at radius 3 is 2.59 bits per heavy atom. The molecule has 2 heterocycles. The Hall–Kier alpha value is -2.56. The van der Waals surface area contributed by atoms with Gasteiger partial charge >= 0.3 is 0 Å². The first kappa shape index (κ1) is 10.9. The molecule has 2 aromatic rings. The molecular weight excluding hydrogens is 222 g/mol. The van der Waals surface area contributed by atoms with E-state index in [0.717, 1.165) is 11.8 Å². The van der Waals surface area contributed by atoms with E-state index < -0.39 is 4.92 Å². The molecule has 0 fully saturated rings. The molecular formula is C12H9NO4. The highest BCUT2D eigenvalue weighted by atomic mass is 16.6. The number of nitrogens with zero attached hydrogens (tertiary/aromatic N) is 1. The van der Waals surface area contributed by atoms with Crippen LogP contribution in [0.15, 0.2) is 58.3 Å². The van der Waals surface area contributed by atoms with Gasteiger partial charge in [0, 0.05) is 11.1 Å². The van der Waals surface area contributed by atoms with E-state index in [1.54, 1.807) is 30.5 Å². The molecule has 0 radical (unpaired) electrons. The van der Waals surface area contributed by atoms with Gasteiger partial charge in [-0.2, -0.15) is 0 Å². The van der Waals surface area contributed by atoms with Crippen molar-refractivity contribution < 1.29 is 13.8 Å². The highest BCUT2D eigenvalue weighted by Crippen LogP contribution is 2.18. The lowest BCUT2D eigenvalue weighted by molar-refractivity contribution is -0.401. The summed E-state index contributed by atoms with van der Waals surface area (Å²) in [6, 6.07) is 3.42. The molecule has 5 nitrogen and oxygen atoms in total. The predicted octanol–water partition coefficient (Wildman–Crippen LogP) is 3.20. The summed E-state index contributed by atoms with van der Waals surface area (Å²) in [5, 5.41) is 10.5. The summed E-state index contributed by atoms with van der Waals surface area (Å²) in [5.41, 5.74) is 1.95. The standard InChI is InChI=1S/C12H9NO4/c14-13(15)7-11(12-4-6-17-9-12)2-1-10-3-5-16-8-10/h1-9H/b2-1+,11-7+. The minimum absolute atomic E-state index is 0.463. The van der Waals surface area contributed by atoms with Gasteiger partial charge in [-0.1, -0.05) is 6.08 Å². The van der Waals surface area contributed by atoms with Gasteiger partial charge in [0.2, 0.25) is 6.20 Å². The van der Waals surface area contributed by atoms with E-state index in [2.05, 4.69) is 0 Å². The maximum Gasteiger partial charge on any atom is 0.242 e. The Bertz CT molecular complexity index is 535. The van der Waals surface area contributed by atoms with E-state index >= 15 is 0 Å². The monoisotopic (exact) mass is 231 g/mol. The largest absolute Gasteiger partial charge is 0.472 e. The van der Waals surface area contributed by atoms with Gasteiger partial charge in [0.1, 0.15) is 0 Å². The number of allylic oxidation sites excluding steroid dienone is 2. The topological polar surface area (TPSA) is 69.4 Å². The first-order valence-corrected chi connectivity index (χ1v) is 4.84. The van der Waals surface area contributed by atoms with Crippen LogP contribution >= 0.6 is 0 Å². The normalized spacial score (nSPS) is 12.1. The maximum absolute atomic E-state index is 10.5. The Morgan fingerprint density at radius 1 is 1.24 bits per heavy atom. The van der Waals surface area contributed by atoms with Crippen molar-refractivity contribution in [2.24, 2.45) is 0 Å². The molecule has 5 heteroatoms. The van der Waals surface area contributed by atoms with Crippen LogP contribution < -0.4 is 0 Å². The Balaban J connectivity index is 2.26. The van der Waals surface area contributed by atoms with Gasteiger partial charge in [-0.15, -0.1) is 0 Å². The summed E-state index contributed by atoms with van der Waals surface area (Å²) in [5.74, 6) is 0. The van der Waals surface area contributed by atoms with Gasteiger partial charge in [-0.05, 0) is 18.2 Å². The fourth-order valence-corrected chi connectivity index (χ4v) is 1.31. The summed E-state index contributed by atoms with van der Waals surface area (Å²) < 4.78 is 9.79. The smallest absolute Gasteiger partial charge is 0.242 e. The minimum Gasteiger partial charge on any atom is -0.472 e. The molecule has 0 aliphatic heterocycles. The Morgan fingerprint density at radius 2 is 2.00 bits per heavy atom. The molecule has 0 unspecified atom stereocenters. The molecule has 0 aliphatic carbocycles. The van der Waals surface area contributed by atoms with Crippen molar-refractivity contribution in [1.29, 1.82) is 0 Å². The number of hydrogen-bond donors (Lipinski definition) is 0. The van der Waals surface area contributed by atoms with E-state index in [1.807, 2.05) is 0 Å². The van der Waals surface area contributed by atoms with Crippen LogP contribution in [-0.2, 0) is 0 Å². The molecule has 2 aromatic heterocycles. The first-order valence-electron chi connectivity index (χ1n) is 4.84. The number of nitro groups is 1. The third-order valence-corrected chi connectivity index (χ3v) is 2.10. The van der Waals surface area contributed by atoms with Crippen molar-refractivity contribution >= 4 is 11.6 Å². The lowest BCUT2D eigenvalue weighted by Gasteiger charge is -1.93. The molecule has 0 N–H and O–H groups in total. The molecule has 0 saturated carbocycles. The van der Waals surface area contributed by atoms with E-state index in [-0.39, 0.29) is 0 Å².